The maximum atomic E-state index is 5.52. The van der Waals surface area contributed by atoms with Gasteiger partial charge in [-0.05, 0) is 18.1 Å². The monoisotopic (exact) mass is 297 g/mol. The summed E-state index contributed by atoms with van der Waals surface area (Å²) in [4.78, 5) is 8.56. The lowest BCUT2D eigenvalue weighted by atomic mass is 10.1. The number of nitrogens with one attached hydrogen (secondary N) is 1. The van der Waals surface area contributed by atoms with Crippen molar-refractivity contribution < 1.29 is 4.74 Å². The molecular weight excluding hydrogens is 278 g/mol. The van der Waals surface area contributed by atoms with Crippen LogP contribution in [0.3, 0.4) is 0 Å². The van der Waals surface area contributed by atoms with E-state index in [1.807, 2.05) is 26.1 Å². The van der Waals surface area contributed by atoms with E-state index in [-0.39, 0.29) is 0 Å². The summed E-state index contributed by atoms with van der Waals surface area (Å²) >= 11 is 0. The van der Waals surface area contributed by atoms with Crippen LogP contribution < -0.4 is 5.32 Å². The standard InChI is InChI=1S/C16H19N5O/c1-3-22-10-13-7-5-4-6-12(13)8-17-15-14-9-20-21(2)16(14)19-11-18-15/h4-7,9,11H,3,8,10H2,1-2H3,(H,17,18,19). The molecule has 0 aliphatic heterocycles. The molecule has 0 fully saturated rings. The lowest BCUT2D eigenvalue weighted by molar-refractivity contribution is 0.133. The summed E-state index contributed by atoms with van der Waals surface area (Å²) in [7, 11) is 1.87. The first-order chi connectivity index (χ1) is 10.8. The highest BCUT2D eigenvalue weighted by molar-refractivity contribution is 5.85. The fraction of sp³-hybridized carbons (Fsp3) is 0.312. The molecule has 2 aromatic heterocycles. The van der Waals surface area contributed by atoms with E-state index < -0.39 is 0 Å². The first-order valence-electron chi connectivity index (χ1n) is 7.30. The molecule has 0 radical (unpaired) electrons. The largest absolute Gasteiger partial charge is 0.377 e. The average molecular weight is 297 g/mol. The second-order valence-corrected chi connectivity index (χ2v) is 4.99. The van der Waals surface area contributed by atoms with Crippen molar-refractivity contribution in [1.29, 1.82) is 0 Å². The van der Waals surface area contributed by atoms with Gasteiger partial charge in [0.2, 0.25) is 0 Å². The molecule has 0 aliphatic rings. The van der Waals surface area contributed by atoms with Gasteiger partial charge in [0.25, 0.3) is 0 Å². The number of fused-ring (bicyclic) bond motifs is 1. The van der Waals surface area contributed by atoms with E-state index in [0.29, 0.717) is 19.8 Å². The number of hydrogen-bond acceptors (Lipinski definition) is 5. The van der Waals surface area contributed by atoms with Crippen LogP contribution in [0.25, 0.3) is 11.0 Å². The predicted octanol–water partition coefficient (Wildman–Crippen LogP) is 2.51. The van der Waals surface area contributed by atoms with Crippen molar-refractivity contribution >= 4 is 16.9 Å². The molecule has 22 heavy (non-hydrogen) atoms. The van der Waals surface area contributed by atoms with Crippen LogP contribution in [-0.4, -0.2) is 26.4 Å². The number of aryl methyl sites for hydroxylation is 1. The van der Waals surface area contributed by atoms with E-state index in [1.165, 1.54) is 11.1 Å². The molecule has 3 aromatic rings. The van der Waals surface area contributed by atoms with Crippen molar-refractivity contribution in [3.63, 3.8) is 0 Å². The van der Waals surface area contributed by atoms with Crippen molar-refractivity contribution in [3.05, 3.63) is 47.9 Å². The van der Waals surface area contributed by atoms with Gasteiger partial charge < -0.3 is 10.1 Å². The molecule has 1 aromatic carbocycles. The molecule has 0 bridgehead atoms. The van der Waals surface area contributed by atoms with Gasteiger partial charge in [-0.25, -0.2) is 9.97 Å². The Morgan fingerprint density at radius 3 is 2.82 bits per heavy atom. The van der Waals surface area contributed by atoms with Gasteiger partial charge in [0.1, 0.15) is 12.1 Å². The molecule has 3 rings (SSSR count). The van der Waals surface area contributed by atoms with E-state index in [2.05, 4.69) is 32.5 Å². The summed E-state index contributed by atoms with van der Waals surface area (Å²) in [6.45, 7) is 4.02. The molecule has 0 atom stereocenters. The Labute approximate surface area is 129 Å². The maximum Gasteiger partial charge on any atom is 0.163 e. The zero-order chi connectivity index (χ0) is 15.4. The summed E-state index contributed by atoms with van der Waals surface area (Å²) in [5.41, 5.74) is 3.21. The zero-order valence-electron chi connectivity index (χ0n) is 12.8. The third kappa shape index (κ3) is 2.92. The van der Waals surface area contributed by atoms with Gasteiger partial charge >= 0.3 is 0 Å². The SMILES string of the molecule is CCOCc1ccccc1CNc1ncnc2c1cnn2C. The quantitative estimate of drug-likeness (QED) is 0.757. The molecule has 6 heteroatoms. The van der Waals surface area contributed by atoms with E-state index in [9.17, 15) is 0 Å². The highest BCUT2D eigenvalue weighted by Crippen LogP contribution is 2.19. The Morgan fingerprint density at radius 2 is 2.00 bits per heavy atom. The van der Waals surface area contributed by atoms with E-state index in [4.69, 9.17) is 4.74 Å². The topological polar surface area (TPSA) is 64.9 Å². The third-order valence-electron chi connectivity index (χ3n) is 3.56. The number of hydrogen-bond donors (Lipinski definition) is 1. The van der Waals surface area contributed by atoms with Crippen LogP contribution >= 0.6 is 0 Å². The summed E-state index contributed by atoms with van der Waals surface area (Å²) in [5, 5.41) is 8.52. The number of benzene rings is 1. The van der Waals surface area contributed by atoms with Gasteiger partial charge in [-0.2, -0.15) is 5.10 Å². The summed E-state index contributed by atoms with van der Waals surface area (Å²) in [6.07, 6.45) is 3.34. The van der Waals surface area contributed by atoms with Crippen LogP contribution in [0.5, 0.6) is 0 Å². The molecular formula is C16H19N5O. The molecule has 0 saturated carbocycles. The number of rotatable bonds is 6. The van der Waals surface area contributed by atoms with Crippen molar-refractivity contribution in [3.8, 4) is 0 Å². The van der Waals surface area contributed by atoms with Crippen molar-refractivity contribution in [2.24, 2.45) is 7.05 Å². The highest BCUT2D eigenvalue weighted by Gasteiger charge is 2.08. The average Bonchev–Trinajstić information content (AvgIpc) is 2.94. The minimum atomic E-state index is 0.625. The summed E-state index contributed by atoms with van der Waals surface area (Å²) < 4.78 is 7.26. The Balaban J connectivity index is 1.80. The van der Waals surface area contributed by atoms with Gasteiger partial charge in [0.15, 0.2) is 5.65 Å². The maximum absolute atomic E-state index is 5.52. The first kappa shape index (κ1) is 14.5. The summed E-state index contributed by atoms with van der Waals surface area (Å²) in [6, 6.07) is 8.25. The number of nitrogens with zero attached hydrogens (tertiary/aromatic N) is 4. The van der Waals surface area contributed by atoms with Gasteiger partial charge in [-0.3, -0.25) is 4.68 Å². The highest BCUT2D eigenvalue weighted by atomic mass is 16.5. The van der Waals surface area contributed by atoms with Gasteiger partial charge in [0, 0.05) is 20.2 Å². The van der Waals surface area contributed by atoms with Gasteiger partial charge in [0.05, 0.1) is 18.2 Å². The van der Waals surface area contributed by atoms with Crippen LogP contribution in [0.4, 0.5) is 5.82 Å². The molecule has 0 amide bonds. The fourth-order valence-corrected chi connectivity index (χ4v) is 2.36. The molecule has 0 spiro atoms. The van der Waals surface area contributed by atoms with Gasteiger partial charge in [-0.15, -0.1) is 0 Å². The summed E-state index contributed by atoms with van der Waals surface area (Å²) in [5.74, 6) is 0.796. The first-order valence-corrected chi connectivity index (χ1v) is 7.30. The lowest BCUT2D eigenvalue weighted by Crippen LogP contribution is -2.06. The normalized spacial score (nSPS) is 11.0. The van der Waals surface area contributed by atoms with E-state index in [0.717, 1.165) is 16.9 Å². The Morgan fingerprint density at radius 1 is 1.18 bits per heavy atom. The Bertz CT molecular complexity index is 768. The van der Waals surface area contributed by atoms with E-state index in [1.54, 1.807) is 17.2 Å². The van der Waals surface area contributed by atoms with Crippen LogP contribution in [0.1, 0.15) is 18.1 Å². The molecule has 1 N–H and O–H groups in total. The number of ether oxygens (including phenoxy) is 1. The number of anilines is 1. The predicted molar refractivity (Wildman–Crippen MR) is 85.4 cm³/mol. The third-order valence-corrected chi connectivity index (χ3v) is 3.56. The molecule has 6 nitrogen and oxygen atoms in total. The van der Waals surface area contributed by atoms with Crippen LogP contribution in [0.15, 0.2) is 36.8 Å². The van der Waals surface area contributed by atoms with Gasteiger partial charge in [-0.1, -0.05) is 24.3 Å². The second-order valence-electron chi connectivity index (χ2n) is 4.99. The zero-order valence-corrected chi connectivity index (χ0v) is 12.8. The number of aromatic nitrogens is 4. The Kier molecular flexibility index (Phi) is 4.29. The minimum absolute atomic E-state index is 0.625. The molecule has 2 heterocycles. The smallest absolute Gasteiger partial charge is 0.163 e. The van der Waals surface area contributed by atoms with Crippen LogP contribution in [-0.2, 0) is 24.9 Å². The fourth-order valence-electron chi connectivity index (χ4n) is 2.36. The minimum Gasteiger partial charge on any atom is -0.377 e. The van der Waals surface area contributed by atoms with Crippen LogP contribution in [0.2, 0.25) is 0 Å². The van der Waals surface area contributed by atoms with Crippen molar-refractivity contribution in [1.82, 2.24) is 19.7 Å². The molecule has 0 unspecified atom stereocenters. The Hall–Kier alpha value is -2.47. The molecule has 0 saturated heterocycles. The van der Waals surface area contributed by atoms with E-state index >= 15 is 0 Å². The van der Waals surface area contributed by atoms with Crippen LogP contribution in [0, 0.1) is 0 Å². The van der Waals surface area contributed by atoms with Crippen molar-refractivity contribution in [2.45, 2.75) is 20.1 Å². The lowest BCUT2D eigenvalue weighted by Gasteiger charge is -2.11. The van der Waals surface area contributed by atoms with Crippen molar-refractivity contribution in [2.75, 3.05) is 11.9 Å². The molecule has 0 aliphatic carbocycles. The second kappa shape index (κ2) is 6.53. The molecule has 114 valence electrons.